The first-order valence-electron chi connectivity index (χ1n) is 12.7. The molecular formula is C29H33N5O5S. The number of hydrazone groups is 2. The Balaban J connectivity index is 2.10. The number of carbonyl (C=O) groups excluding carboxylic acids is 2. The molecule has 0 radical (unpaired) electrons. The van der Waals surface area contributed by atoms with E-state index in [0.717, 1.165) is 9.98 Å². The minimum absolute atomic E-state index is 0.00795. The second-order valence-corrected chi connectivity index (χ2v) is 10.5. The number of benzene rings is 3. The molecule has 0 fully saturated rings. The molecule has 0 aliphatic heterocycles. The van der Waals surface area contributed by atoms with Gasteiger partial charge >= 0.3 is 12.0 Å². The maximum absolute atomic E-state index is 14.0. The molecule has 2 N–H and O–H groups in total. The molecule has 0 spiro atoms. The van der Waals surface area contributed by atoms with Crippen molar-refractivity contribution in [3.8, 4) is 0 Å². The van der Waals surface area contributed by atoms with E-state index in [0.29, 0.717) is 23.4 Å². The fraction of sp³-hybridized carbons (Fsp3) is 0.241. The monoisotopic (exact) mass is 563 g/mol. The fourth-order valence-electron chi connectivity index (χ4n) is 3.67. The third kappa shape index (κ3) is 7.76. The summed E-state index contributed by atoms with van der Waals surface area (Å²) < 4.78 is 34.0. The Morgan fingerprint density at radius 3 is 2.10 bits per heavy atom. The summed E-state index contributed by atoms with van der Waals surface area (Å²) >= 11 is 0. The molecule has 0 aliphatic carbocycles. The Morgan fingerprint density at radius 1 is 0.925 bits per heavy atom. The number of ether oxygens (including phenoxy) is 1. The van der Waals surface area contributed by atoms with Crippen molar-refractivity contribution in [2.24, 2.45) is 10.2 Å². The molecular weight excluding hydrogens is 530 g/mol. The van der Waals surface area contributed by atoms with Crippen LogP contribution in [0.4, 0.5) is 10.5 Å². The van der Waals surface area contributed by atoms with Gasteiger partial charge in [0.05, 0.1) is 22.9 Å². The fourth-order valence-corrected chi connectivity index (χ4v) is 5.09. The second kappa shape index (κ2) is 14.0. The smallest absolute Gasteiger partial charge is 0.339 e. The van der Waals surface area contributed by atoms with Crippen molar-refractivity contribution in [1.82, 2.24) is 9.84 Å². The maximum atomic E-state index is 14.0. The van der Waals surface area contributed by atoms with E-state index >= 15 is 0 Å². The van der Waals surface area contributed by atoms with Crippen molar-refractivity contribution < 1.29 is 22.7 Å². The maximum Gasteiger partial charge on any atom is 0.339 e. The van der Waals surface area contributed by atoms with Crippen LogP contribution >= 0.6 is 0 Å². The van der Waals surface area contributed by atoms with E-state index in [2.05, 4.69) is 20.9 Å². The lowest BCUT2D eigenvalue weighted by Gasteiger charge is -2.28. The molecule has 0 heterocycles. The number of para-hydroxylation sites is 1. The number of aryl methyl sites for hydroxylation is 1. The lowest BCUT2D eigenvalue weighted by molar-refractivity contribution is -0.145. The summed E-state index contributed by atoms with van der Waals surface area (Å²) in [6.07, 6.45) is 0.368. The first kappa shape index (κ1) is 30.0. The minimum Gasteiger partial charge on any atom is -0.464 e. The molecule has 0 saturated heterocycles. The highest BCUT2D eigenvalue weighted by Crippen LogP contribution is 2.23. The van der Waals surface area contributed by atoms with Crippen LogP contribution in [0.2, 0.25) is 0 Å². The lowest BCUT2D eigenvalue weighted by Crippen LogP contribution is -2.48. The molecule has 2 amide bonds. The van der Waals surface area contributed by atoms with Gasteiger partial charge in [-0.2, -0.15) is 23.0 Å². The summed E-state index contributed by atoms with van der Waals surface area (Å²) in [7, 11) is -4.39. The zero-order valence-electron chi connectivity index (χ0n) is 22.9. The van der Waals surface area contributed by atoms with Gasteiger partial charge in [-0.15, -0.1) is 0 Å². The quantitative estimate of drug-likeness (QED) is 0.194. The highest BCUT2D eigenvalue weighted by atomic mass is 32.2. The minimum atomic E-state index is -4.39. The van der Waals surface area contributed by atoms with Gasteiger partial charge in [-0.1, -0.05) is 73.2 Å². The third-order valence-electron chi connectivity index (χ3n) is 5.72. The number of amides is 2. The predicted octanol–water partition coefficient (Wildman–Crippen LogP) is 4.93. The molecule has 40 heavy (non-hydrogen) atoms. The van der Waals surface area contributed by atoms with Gasteiger partial charge in [0.15, 0.2) is 0 Å². The highest BCUT2D eigenvalue weighted by Gasteiger charge is 2.39. The van der Waals surface area contributed by atoms with Crippen LogP contribution in [0.15, 0.2) is 100 Å². The van der Waals surface area contributed by atoms with E-state index in [1.165, 1.54) is 19.1 Å². The Morgan fingerprint density at radius 2 is 1.52 bits per heavy atom. The second-order valence-electron chi connectivity index (χ2n) is 8.70. The summed E-state index contributed by atoms with van der Waals surface area (Å²) in [5, 5.41) is 11.2. The van der Waals surface area contributed by atoms with Crippen molar-refractivity contribution in [2.75, 3.05) is 11.9 Å². The van der Waals surface area contributed by atoms with Crippen LogP contribution < -0.4 is 10.7 Å². The standard InChI is InChI=1S/C29H33N5O5S/c1-5-26(23-13-9-7-10-14-23)33-34(40(37,38)25-19-17-21(3)18-20-25)27(28(35)39-6-2)22(4)31-32-29(36)30-24-15-11-8-12-16-24/h7-20,27H,5-6H2,1-4H3,(H2,30,32,36)/b31-22+,33-26-. The zero-order valence-corrected chi connectivity index (χ0v) is 23.7. The first-order chi connectivity index (χ1) is 19.2. The number of hydrogen-bond acceptors (Lipinski definition) is 7. The Labute approximate surface area is 234 Å². The summed E-state index contributed by atoms with van der Waals surface area (Å²) in [4.78, 5) is 25.7. The van der Waals surface area contributed by atoms with Crippen LogP contribution in [0.1, 0.15) is 38.3 Å². The molecule has 3 aromatic rings. The van der Waals surface area contributed by atoms with Crippen LogP contribution in [-0.2, 0) is 19.6 Å². The van der Waals surface area contributed by atoms with Crippen LogP contribution in [0.25, 0.3) is 0 Å². The molecule has 1 unspecified atom stereocenters. The Hall–Kier alpha value is -4.51. The molecule has 0 bridgehead atoms. The van der Waals surface area contributed by atoms with Crippen molar-refractivity contribution in [1.29, 1.82) is 0 Å². The number of hydrogen-bond donors (Lipinski definition) is 2. The van der Waals surface area contributed by atoms with Gasteiger partial charge in [0.2, 0.25) is 6.04 Å². The van der Waals surface area contributed by atoms with Gasteiger partial charge in [-0.3, -0.25) is 0 Å². The molecule has 1 atom stereocenters. The highest BCUT2D eigenvalue weighted by molar-refractivity contribution is 7.89. The van der Waals surface area contributed by atoms with E-state index < -0.39 is 28.1 Å². The molecule has 210 valence electrons. The largest absolute Gasteiger partial charge is 0.464 e. The summed E-state index contributed by atoms with van der Waals surface area (Å²) in [6, 6.07) is 21.7. The SMILES string of the molecule is CCOC(=O)C(/C(C)=N/NC(=O)Nc1ccccc1)N(/N=C(/CC)c1ccccc1)S(=O)(=O)c1ccc(C)cc1. The topological polar surface area (TPSA) is 130 Å². The number of esters is 1. The van der Waals surface area contributed by atoms with E-state index in [-0.39, 0.29) is 17.2 Å². The Kier molecular flexibility index (Phi) is 10.5. The molecule has 11 heteroatoms. The number of nitrogens with zero attached hydrogens (tertiary/aromatic N) is 3. The molecule has 0 aromatic heterocycles. The number of carbonyl (C=O) groups is 2. The van der Waals surface area contributed by atoms with Gasteiger partial charge in [-0.05, 0) is 57.0 Å². The van der Waals surface area contributed by atoms with Gasteiger partial charge in [0, 0.05) is 5.69 Å². The van der Waals surface area contributed by atoms with Gasteiger partial charge in [0.25, 0.3) is 10.0 Å². The molecule has 3 rings (SSSR count). The van der Waals surface area contributed by atoms with Crippen molar-refractivity contribution in [3.05, 3.63) is 96.1 Å². The van der Waals surface area contributed by atoms with E-state index in [9.17, 15) is 18.0 Å². The molecule has 10 nitrogen and oxygen atoms in total. The van der Waals surface area contributed by atoms with E-state index in [1.807, 2.05) is 32.0 Å². The molecule has 0 aliphatic rings. The molecule has 3 aromatic carbocycles. The lowest BCUT2D eigenvalue weighted by atomic mass is 10.1. The van der Waals surface area contributed by atoms with Crippen molar-refractivity contribution in [2.45, 2.75) is 45.1 Å². The van der Waals surface area contributed by atoms with Crippen molar-refractivity contribution >= 4 is 39.1 Å². The van der Waals surface area contributed by atoms with Crippen molar-refractivity contribution in [3.63, 3.8) is 0 Å². The van der Waals surface area contributed by atoms with Crippen LogP contribution in [-0.4, -0.2) is 48.9 Å². The number of sulfonamides is 1. The number of urea groups is 1. The van der Waals surface area contributed by atoms with Gasteiger partial charge in [-0.25, -0.2) is 15.0 Å². The average molecular weight is 564 g/mol. The van der Waals surface area contributed by atoms with Gasteiger partial charge in [0.1, 0.15) is 0 Å². The summed E-state index contributed by atoms with van der Waals surface area (Å²) in [6.45, 7) is 6.69. The number of nitrogens with one attached hydrogen (secondary N) is 2. The summed E-state index contributed by atoms with van der Waals surface area (Å²) in [5.74, 6) is -0.892. The Bertz CT molecular complexity index is 1460. The van der Waals surface area contributed by atoms with Gasteiger partial charge < -0.3 is 10.1 Å². The zero-order chi connectivity index (χ0) is 29.1. The van der Waals surface area contributed by atoms with Crippen LogP contribution in [0.3, 0.4) is 0 Å². The van der Waals surface area contributed by atoms with E-state index in [4.69, 9.17) is 4.74 Å². The third-order valence-corrected chi connectivity index (χ3v) is 7.37. The average Bonchev–Trinajstić information content (AvgIpc) is 2.95. The first-order valence-corrected chi connectivity index (χ1v) is 14.2. The van der Waals surface area contributed by atoms with Crippen LogP contribution in [0, 0.1) is 6.92 Å². The molecule has 0 saturated carbocycles. The normalized spacial score (nSPS) is 12.8. The predicted molar refractivity (Wildman–Crippen MR) is 156 cm³/mol. The number of anilines is 1. The van der Waals surface area contributed by atoms with Crippen LogP contribution in [0.5, 0.6) is 0 Å². The van der Waals surface area contributed by atoms with E-state index in [1.54, 1.807) is 61.5 Å². The number of rotatable bonds is 11. The summed E-state index contributed by atoms with van der Waals surface area (Å²) in [5.41, 5.74) is 4.77.